The van der Waals surface area contributed by atoms with Crippen molar-refractivity contribution >= 4 is 22.8 Å². The normalized spacial score (nSPS) is 11.9. The third kappa shape index (κ3) is 7.40. The average Bonchev–Trinajstić information content (AvgIpc) is 2.67. The molecule has 0 bridgehead atoms. The lowest BCUT2D eigenvalue weighted by Gasteiger charge is -2.07. The highest BCUT2D eigenvalue weighted by molar-refractivity contribution is 5.86. The summed E-state index contributed by atoms with van der Waals surface area (Å²) in [6.07, 6.45) is 2.08. The molecular formula is C25H36N2O. The number of para-hydroxylation sites is 2. The minimum Gasteiger partial charge on any atom is -0.379 e. The minimum atomic E-state index is 0.591. The van der Waals surface area contributed by atoms with Crippen molar-refractivity contribution in [3.63, 3.8) is 0 Å². The molecule has 2 rings (SSSR count). The summed E-state index contributed by atoms with van der Waals surface area (Å²) < 4.78 is 5.02. The SMILES string of the molecule is CCC(C)=Nc1c(C)cccc1CC.COCC(C)=Nc1c(C)cccc1C. The van der Waals surface area contributed by atoms with Gasteiger partial charge in [0, 0.05) is 18.5 Å². The molecular weight excluding hydrogens is 344 g/mol. The molecule has 0 spiro atoms. The molecule has 0 aliphatic rings. The highest BCUT2D eigenvalue weighted by atomic mass is 16.5. The maximum absolute atomic E-state index is 5.02. The third-order valence-corrected chi connectivity index (χ3v) is 4.61. The molecule has 2 aromatic carbocycles. The fourth-order valence-electron chi connectivity index (χ4n) is 2.85. The number of hydrogen-bond acceptors (Lipinski definition) is 3. The van der Waals surface area contributed by atoms with E-state index in [4.69, 9.17) is 4.74 Å². The fraction of sp³-hybridized carbons (Fsp3) is 0.440. The molecule has 0 saturated heterocycles. The van der Waals surface area contributed by atoms with Crippen LogP contribution in [0.5, 0.6) is 0 Å². The lowest BCUT2D eigenvalue weighted by molar-refractivity contribution is 0.245. The minimum absolute atomic E-state index is 0.591. The Morgan fingerprint density at radius 3 is 1.79 bits per heavy atom. The highest BCUT2D eigenvalue weighted by Gasteiger charge is 2.02. The van der Waals surface area contributed by atoms with Crippen LogP contribution >= 0.6 is 0 Å². The Hall–Kier alpha value is -2.26. The maximum atomic E-state index is 5.02. The Labute approximate surface area is 171 Å². The summed E-state index contributed by atoms with van der Waals surface area (Å²) in [5.74, 6) is 0. The average molecular weight is 381 g/mol. The highest BCUT2D eigenvalue weighted by Crippen LogP contribution is 2.25. The molecule has 152 valence electrons. The standard InChI is InChI=1S/C13H19N.C12H17NO/c1-5-11(4)14-13-10(3)8-7-9-12(13)6-2;1-9-6-5-7-10(2)12(9)13-11(3)8-14-4/h7-9H,5-6H2,1-4H3;5-7H,8H2,1-4H3. The number of methoxy groups -OCH3 is 1. The molecule has 0 atom stereocenters. The van der Waals surface area contributed by atoms with Crippen molar-refractivity contribution in [1.82, 2.24) is 0 Å². The maximum Gasteiger partial charge on any atom is 0.0842 e. The van der Waals surface area contributed by atoms with Crippen molar-refractivity contribution in [2.24, 2.45) is 9.98 Å². The molecule has 0 N–H and O–H groups in total. The molecule has 0 aliphatic heterocycles. The Balaban J connectivity index is 0.000000280. The van der Waals surface area contributed by atoms with Crippen LogP contribution < -0.4 is 0 Å². The van der Waals surface area contributed by atoms with Gasteiger partial charge in [-0.25, -0.2) is 0 Å². The summed E-state index contributed by atoms with van der Waals surface area (Å²) in [6.45, 7) is 15.3. The topological polar surface area (TPSA) is 34.0 Å². The molecule has 28 heavy (non-hydrogen) atoms. The lowest BCUT2D eigenvalue weighted by atomic mass is 10.1. The Morgan fingerprint density at radius 1 is 0.786 bits per heavy atom. The first-order valence-electron chi connectivity index (χ1n) is 10.1. The van der Waals surface area contributed by atoms with E-state index in [1.807, 2.05) is 6.92 Å². The second-order valence-electron chi connectivity index (χ2n) is 7.16. The van der Waals surface area contributed by atoms with Crippen molar-refractivity contribution in [1.29, 1.82) is 0 Å². The summed E-state index contributed by atoms with van der Waals surface area (Å²) in [6, 6.07) is 12.6. The van der Waals surface area contributed by atoms with Gasteiger partial charge >= 0.3 is 0 Å². The van der Waals surface area contributed by atoms with Crippen molar-refractivity contribution in [2.75, 3.05) is 13.7 Å². The summed E-state index contributed by atoms with van der Waals surface area (Å²) >= 11 is 0. The summed E-state index contributed by atoms with van der Waals surface area (Å²) in [7, 11) is 1.68. The molecule has 0 aliphatic carbocycles. The van der Waals surface area contributed by atoms with Crippen LogP contribution in [0, 0.1) is 20.8 Å². The second kappa shape index (κ2) is 12.2. The Bertz CT molecular complexity index is 799. The van der Waals surface area contributed by atoms with E-state index in [9.17, 15) is 0 Å². The van der Waals surface area contributed by atoms with Crippen molar-refractivity contribution in [2.45, 2.75) is 61.3 Å². The fourth-order valence-corrected chi connectivity index (χ4v) is 2.85. The summed E-state index contributed by atoms with van der Waals surface area (Å²) in [5, 5.41) is 0. The predicted octanol–water partition coefficient (Wildman–Crippen LogP) is 7.10. The molecule has 0 radical (unpaired) electrons. The van der Waals surface area contributed by atoms with Crippen LogP contribution in [0.4, 0.5) is 11.4 Å². The van der Waals surface area contributed by atoms with Gasteiger partial charge in [0.2, 0.25) is 0 Å². The van der Waals surface area contributed by atoms with Crippen LogP contribution in [0.25, 0.3) is 0 Å². The number of ether oxygens (including phenoxy) is 1. The van der Waals surface area contributed by atoms with E-state index in [0.29, 0.717) is 6.61 Å². The van der Waals surface area contributed by atoms with Gasteiger partial charge in [-0.1, -0.05) is 50.2 Å². The largest absolute Gasteiger partial charge is 0.379 e. The summed E-state index contributed by atoms with van der Waals surface area (Å²) in [4.78, 5) is 9.20. The van der Waals surface area contributed by atoms with Crippen molar-refractivity contribution in [3.05, 3.63) is 58.7 Å². The van der Waals surface area contributed by atoms with E-state index in [0.717, 1.165) is 24.2 Å². The van der Waals surface area contributed by atoms with E-state index >= 15 is 0 Å². The van der Waals surface area contributed by atoms with Crippen molar-refractivity contribution < 1.29 is 4.74 Å². The number of nitrogens with zero attached hydrogens (tertiary/aromatic N) is 2. The molecule has 3 heteroatoms. The van der Waals surface area contributed by atoms with Gasteiger partial charge in [0.05, 0.1) is 18.0 Å². The van der Waals surface area contributed by atoms with E-state index in [2.05, 4.69) is 87.9 Å². The number of rotatable bonds is 6. The van der Waals surface area contributed by atoms with E-state index in [1.54, 1.807) is 7.11 Å². The van der Waals surface area contributed by atoms with Gasteiger partial charge in [0.25, 0.3) is 0 Å². The van der Waals surface area contributed by atoms with Gasteiger partial charge in [-0.15, -0.1) is 0 Å². The van der Waals surface area contributed by atoms with Gasteiger partial charge in [0.15, 0.2) is 0 Å². The smallest absolute Gasteiger partial charge is 0.0842 e. The molecule has 0 unspecified atom stereocenters. The zero-order chi connectivity index (χ0) is 21.1. The number of hydrogen-bond donors (Lipinski definition) is 0. The number of aliphatic imine (C=N–C) groups is 2. The van der Waals surface area contributed by atoms with E-state index in [1.165, 1.54) is 33.7 Å². The summed E-state index contributed by atoms with van der Waals surface area (Å²) in [5.41, 5.74) is 9.49. The number of benzene rings is 2. The predicted molar refractivity (Wildman–Crippen MR) is 124 cm³/mol. The molecule has 2 aromatic rings. The molecule has 0 fully saturated rings. The van der Waals surface area contributed by atoms with Gasteiger partial charge in [-0.05, 0) is 69.7 Å². The number of aryl methyl sites for hydroxylation is 4. The van der Waals surface area contributed by atoms with Crippen LogP contribution in [0.3, 0.4) is 0 Å². The van der Waals surface area contributed by atoms with Gasteiger partial charge in [-0.2, -0.15) is 0 Å². The molecule has 0 aromatic heterocycles. The molecule has 0 heterocycles. The first-order valence-corrected chi connectivity index (χ1v) is 10.1. The Morgan fingerprint density at radius 2 is 1.29 bits per heavy atom. The molecule has 0 amide bonds. The molecule has 0 saturated carbocycles. The first kappa shape index (κ1) is 23.8. The van der Waals surface area contributed by atoms with E-state index in [-0.39, 0.29) is 0 Å². The van der Waals surface area contributed by atoms with Crippen LogP contribution in [-0.4, -0.2) is 25.1 Å². The van der Waals surface area contributed by atoms with Crippen molar-refractivity contribution in [3.8, 4) is 0 Å². The van der Waals surface area contributed by atoms with Crippen LogP contribution in [0.15, 0.2) is 46.4 Å². The zero-order valence-electron chi connectivity index (χ0n) is 18.9. The van der Waals surface area contributed by atoms with Gasteiger partial charge in [0.1, 0.15) is 0 Å². The quantitative estimate of drug-likeness (QED) is 0.492. The van der Waals surface area contributed by atoms with Crippen LogP contribution in [0.1, 0.15) is 56.4 Å². The van der Waals surface area contributed by atoms with Gasteiger partial charge < -0.3 is 4.74 Å². The van der Waals surface area contributed by atoms with Crippen LogP contribution in [0.2, 0.25) is 0 Å². The van der Waals surface area contributed by atoms with Crippen LogP contribution in [-0.2, 0) is 11.2 Å². The second-order valence-corrected chi connectivity index (χ2v) is 7.16. The monoisotopic (exact) mass is 380 g/mol. The zero-order valence-corrected chi connectivity index (χ0v) is 18.9. The Kier molecular flexibility index (Phi) is 10.4. The third-order valence-electron chi connectivity index (χ3n) is 4.61. The lowest BCUT2D eigenvalue weighted by Crippen LogP contribution is -2.01. The van der Waals surface area contributed by atoms with E-state index < -0.39 is 0 Å². The first-order chi connectivity index (χ1) is 13.3. The molecule has 3 nitrogen and oxygen atoms in total. The van der Waals surface area contributed by atoms with Gasteiger partial charge in [-0.3, -0.25) is 9.98 Å².